The summed E-state index contributed by atoms with van der Waals surface area (Å²) in [5.41, 5.74) is 1.96. The summed E-state index contributed by atoms with van der Waals surface area (Å²) in [5, 5.41) is 3.42. The van der Waals surface area contributed by atoms with E-state index in [1.165, 1.54) is 23.2 Å². The van der Waals surface area contributed by atoms with Crippen LogP contribution in [0.1, 0.15) is 56.5 Å². The summed E-state index contributed by atoms with van der Waals surface area (Å²) in [5.74, 6) is -1.83. The maximum atomic E-state index is 14.2. The Labute approximate surface area is 189 Å². The van der Waals surface area contributed by atoms with Crippen molar-refractivity contribution in [2.24, 2.45) is 5.41 Å². The second-order valence-electron chi connectivity index (χ2n) is 9.35. The summed E-state index contributed by atoms with van der Waals surface area (Å²) in [7, 11) is 0. The molecule has 4 rings (SSSR count). The van der Waals surface area contributed by atoms with Crippen LogP contribution in [0.15, 0.2) is 54.2 Å². The van der Waals surface area contributed by atoms with Gasteiger partial charge in [-0.2, -0.15) is 0 Å². The van der Waals surface area contributed by atoms with E-state index < -0.39 is 35.7 Å². The Morgan fingerprint density at radius 3 is 2.66 bits per heavy atom. The van der Waals surface area contributed by atoms with Gasteiger partial charge in [0.2, 0.25) is 0 Å². The Morgan fingerprint density at radius 1 is 1.25 bits per heavy atom. The number of carbonyl (C=O) groups is 2. The van der Waals surface area contributed by atoms with Gasteiger partial charge in [0.15, 0.2) is 0 Å². The third-order valence-electron chi connectivity index (χ3n) is 6.06. The molecule has 0 saturated heterocycles. The largest absolute Gasteiger partial charge is 0.460 e. The van der Waals surface area contributed by atoms with Crippen molar-refractivity contribution in [3.63, 3.8) is 0 Å². The number of hydrogen-bond donors (Lipinski definition) is 1. The van der Waals surface area contributed by atoms with Crippen LogP contribution in [0.2, 0.25) is 0 Å². The molecule has 3 unspecified atom stereocenters. The molecule has 6 heteroatoms. The summed E-state index contributed by atoms with van der Waals surface area (Å²) < 4.78 is 28.8. The van der Waals surface area contributed by atoms with Gasteiger partial charge < -0.3 is 15.0 Å². The highest BCUT2D eigenvalue weighted by molar-refractivity contribution is 5.97. The number of ether oxygens (including phenoxy) is 1. The molecule has 0 spiro atoms. The van der Waals surface area contributed by atoms with E-state index in [1.54, 1.807) is 26.8 Å². The third kappa shape index (κ3) is 3.90. The normalized spacial score (nSPS) is 24.0. The Kier molecular flexibility index (Phi) is 5.24. The summed E-state index contributed by atoms with van der Waals surface area (Å²) in [6.45, 7) is 7.96. The topological polar surface area (TPSA) is 58.6 Å². The smallest absolute Gasteiger partial charge is 0.337 e. The van der Waals surface area contributed by atoms with E-state index in [0.717, 1.165) is 11.3 Å². The van der Waals surface area contributed by atoms with E-state index in [0.29, 0.717) is 5.56 Å². The van der Waals surface area contributed by atoms with Crippen molar-refractivity contribution in [3.05, 3.63) is 76.7 Å². The van der Waals surface area contributed by atoms with Gasteiger partial charge in [0, 0.05) is 29.9 Å². The number of hydrogen-bond acceptors (Lipinski definition) is 4. The minimum atomic E-state index is -1.03. The zero-order chi connectivity index (χ0) is 24.1. The number of anilines is 1. The number of esters is 1. The number of fused-ring (bicyclic) bond motifs is 3. The van der Waals surface area contributed by atoms with Crippen molar-refractivity contribution >= 4 is 17.6 Å². The molecule has 1 N–H and O–H groups in total. The highest BCUT2D eigenvalue weighted by atomic mass is 19.1. The lowest BCUT2D eigenvalue weighted by Gasteiger charge is -2.36. The summed E-state index contributed by atoms with van der Waals surface area (Å²) in [4.78, 5) is 27.9. The predicted octanol–water partition coefficient (Wildman–Crippen LogP) is 5.03. The Balaban J connectivity index is 1.85. The van der Waals surface area contributed by atoms with Crippen LogP contribution in [0.4, 0.5) is 10.1 Å². The lowest BCUT2D eigenvalue weighted by atomic mass is 9.71. The molecular formula is C26H29FN2O3. The minimum absolute atomic E-state index is 0.124. The van der Waals surface area contributed by atoms with E-state index in [9.17, 15) is 14.0 Å². The van der Waals surface area contributed by atoms with Gasteiger partial charge in [0.05, 0.1) is 19.1 Å². The third-order valence-corrected chi connectivity index (χ3v) is 6.06. The Hall–Kier alpha value is -3.15. The molecule has 5 nitrogen and oxygen atoms in total. The second-order valence-corrected chi connectivity index (χ2v) is 9.35. The first-order chi connectivity index (χ1) is 15.5. The van der Waals surface area contributed by atoms with Crippen LogP contribution < -0.4 is 5.32 Å². The molecule has 0 aromatic heterocycles. The van der Waals surface area contributed by atoms with E-state index >= 15 is 0 Å². The summed E-state index contributed by atoms with van der Waals surface area (Å²) >= 11 is 0. The Bertz CT molecular complexity index is 1140. The minimum Gasteiger partial charge on any atom is -0.460 e. The molecule has 2 aliphatic rings. The molecule has 0 radical (unpaired) electrons. The SMILES string of the molecule is [2H]C1N(C(=O)c2ccc(C)c(F)c2)C=C(C(=O)OC(C)C)C2Nc3ccccc3C2C1(C)C. The van der Waals surface area contributed by atoms with E-state index in [4.69, 9.17) is 6.11 Å². The number of rotatable bonds is 3. The summed E-state index contributed by atoms with van der Waals surface area (Å²) in [6, 6.07) is 11.6. The molecule has 2 aromatic rings. The Morgan fingerprint density at radius 2 is 1.97 bits per heavy atom. The zero-order valence-corrected chi connectivity index (χ0v) is 19.0. The van der Waals surface area contributed by atoms with Gasteiger partial charge in [-0.15, -0.1) is 0 Å². The number of para-hydroxylation sites is 1. The summed E-state index contributed by atoms with van der Waals surface area (Å²) in [6.07, 6.45) is 1.08. The molecule has 2 heterocycles. The molecule has 0 aliphatic carbocycles. The molecule has 0 saturated carbocycles. The predicted molar refractivity (Wildman–Crippen MR) is 122 cm³/mol. The van der Waals surface area contributed by atoms with Gasteiger partial charge in [0.25, 0.3) is 5.91 Å². The molecular weight excluding hydrogens is 407 g/mol. The molecule has 2 aromatic carbocycles. The highest BCUT2D eigenvalue weighted by Crippen LogP contribution is 2.50. The van der Waals surface area contributed by atoms with E-state index in [-0.39, 0.29) is 23.2 Å². The fourth-order valence-corrected chi connectivity index (χ4v) is 4.58. The fourth-order valence-electron chi connectivity index (χ4n) is 4.58. The quantitative estimate of drug-likeness (QED) is 0.685. The van der Waals surface area contributed by atoms with Crippen molar-refractivity contribution < 1.29 is 20.1 Å². The number of aryl methyl sites for hydroxylation is 1. The lowest BCUT2D eigenvalue weighted by Crippen LogP contribution is -2.39. The maximum absolute atomic E-state index is 14.2. The van der Waals surface area contributed by atoms with Gasteiger partial charge >= 0.3 is 5.97 Å². The van der Waals surface area contributed by atoms with Crippen molar-refractivity contribution in [1.82, 2.24) is 4.90 Å². The van der Waals surface area contributed by atoms with Crippen LogP contribution in [0.25, 0.3) is 0 Å². The first-order valence-electron chi connectivity index (χ1n) is 11.4. The average Bonchev–Trinajstić information content (AvgIpc) is 3.11. The van der Waals surface area contributed by atoms with Crippen LogP contribution in [0.3, 0.4) is 0 Å². The van der Waals surface area contributed by atoms with Crippen LogP contribution in [-0.4, -0.2) is 35.4 Å². The number of nitrogens with one attached hydrogen (secondary N) is 1. The number of amides is 1. The van der Waals surface area contributed by atoms with Crippen molar-refractivity contribution in [2.75, 3.05) is 11.8 Å². The van der Waals surface area contributed by atoms with Gasteiger partial charge in [-0.05, 0) is 55.5 Å². The van der Waals surface area contributed by atoms with Crippen LogP contribution >= 0.6 is 0 Å². The van der Waals surface area contributed by atoms with E-state index in [2.05, 4.69) is 5.32 Å². The second kappa shape index (κ2) is 8.08. The molecule has 3 atom stereocenters. The van der Waals surface area contributed by atoms with Crippen LogP contribution in [-0.2, 0) is 9.53 Å². The van der Waals surface area contributed by atoms with Gasteiger partial charge in [0.1, 0.15) is 5.82 Å². The first-order valence-corrected chi connectivity index (χ1v) is 10.8. The van der Waals surface area contributed by atoms with Gasteiger partial charge in [-0.1, -0.05) is 38.1 Å². The number of nitrogens with zero attached hydrogens (tertiary/aromatic N) is 1. The molecule has 0 bridgehead atoms. The standard InChI is InChI=1S/C26H29FN2O3/c1-15(2)32-25(31)19-13-29(24(30)17-11-10-16(3)20(27)12-17)14-26(4,5)22-18-8-6-7-9-21(18)28-23(19)22/h6-13,15,22-23,28H,14H2,1-5H3/i14D. The fraction of sp³-hybridized carbons (Fsp3) is 0.385. The van der Waals surface area contributed by atoms with Gasteiger partial charge in [-0.3, -0.25) is 4.79 Å². The first kappa shape index (κ1) is 20.7. The molecule has 0 fully saturated rings. The zero-order valence-electron chi connectivity index (χ0n) is 20.0. The average molecular weight is 438 g/mol. The van der Waals surface area contributed by atoms with E-state index in [1.807, 2.05) is 38.1 Å². The monoisotopic (exact) mass is 437 g/mol. The molecule has 1 amide bonds. The van der Waals surface area contributed by atoms with Crippen LogP contribution in [0, 0.1) is 18.2 Å². The molecule has 2 aliphatic heterocycles. The number of benzene rings is 2. The number of halogens is 1. The lowest BCUT2D eigenvalue weighted by molar-refractivity contribution is -0.143. The van der Waals surface area contributed by atoms with Crippen LogP contribution in [0.5, 0.6) is 0 Å². The van der Waals surface area contributed by atoms with Crippen molar-refractivity contribution in [1.29, 1.82) is 0 Å². The number of carbonyl (C=O) groups excluding carboxylic acids is 2. The van der Waals surface area contributed by atoms with Crippen molar-refractivity contribution in [3.8, 4) is 0 Å². The molecule has 32 heavy (non-hydrogen) atoms. The van der Waals surface area contributed by atoms with Gasteiger partial charge in [-0.25, -0.2) is 9.18 Å². The maximum Gasteiger partial charge on any atom is 0.337 e. The van der Waals surface area contributed by atoms with Crippen molar-refractivity contribution in [2.45, 2.75) is 52.7 Å². The highest BCUT2D eigenvalue weighted by Gasteiger charge is 2.48. The molecule has 168 valence electrons.